The average molecular weight is 172 g/mol. The molecule has 0 saturated heterocycles. The van der Waals surface area contributed by atoms with Crippen LogP contribution in [0.25, 0.3) is 0 Å². The minimum atomic E-state index is 0. The van der Waals surface area contributed by atoms with Crippen LogP contribution < -0.4 is 5.32 Å². The maximum absolute atomic E-state index is 11.1. The zero-order chi connectivity index (χ0) is 6.97. The highest BCUT2D eigenvalue weighted by Crippen LogP contribution is 2.20. The third-order valence-corrected chi connectivity index (χ3v) is 1.94. The minimum absolute atomic E-state index is 0. The van der Waals surface area contributed by atoms with E-state index in [2.05, 4.69) is 5.32 Å². The van der Waals surface area contributed by atoms with Gasteiger partial charge in [-0.1, -0.05) is 6.08 Å². The second-order valence-electron chi connectivity index (χ2n) is 2.60. The Morgan fingerprint density at radius 1 is 1.45 bits per heavy atom. The van der Waals surface area contributed by atoms with Crippen molar-refractivity contribution in [2.45, 2.75) is 12.8 Å². The normalized spacial score (nSPS) is 20.9. The molecule has 0 atom stereocenters. The molecule has 0 spiro atoms. The summed E-state index contributed by atoms with van der Waals surface area (Å²) in [7, 11) is 0. The lowest BCUT2D eigenvalue weighted by molar-refractivity contribution is -0.115. The van der Waals surface area contributed by atoms with Crippen molar-refractivity contribution >= 4 is 18.2 Å². The summed E-state index contributed by atoms with van der Waals surface area (Å²) in [5.74, 6) is 0.294. The summed E-state index contributed by atoms with van der Waals surface area (Å²) in [6.45, 7) is 0.931. The molecule has 2 nitrogen and oxygen atoms in total. The number of halogens is 1. The fraction of sp³-hybridized carbons (Fsp3) is 0.375. The van der Waals surface area contributed by atoms with E-state index in [1.54, 1.807) is 0 Å². The third-order valence-electron chi connectivity index (χ3n) is 1.94. The number of hydrogen-bond acceptors (Lipinski definition) is 2. The SMILES string of the molecule is Cl.O=C1CC=CC2=C1CCN2. The van der Waals surface area contributed by atoms with Gasteiger partial charge in [-0.15, -0.1) is 12.4 Å². The van der Waals surface area contributed by atoms with E-state index in [1.165, 1.54) is 0 Å². The van der Waals surface area contributed by atoms with Crippen LogP contribution in [-0.2, 0) is 4.79 Å². The van der Waals surface area contributed by atoms with Crippen LogP contribution in [0.5, 0.6) is 0 Å². The van der Waals surface area contributed by atoms with Crippen molar-refractivity contribution in [3.63, 3.8) is 0 Å². The van der Waals surface area contributed by atoms with Crippen molar-refractivity contribution in [1.29, 1.82) is 0 Å². The first-order valence-corrected chi connectivity index (χ1v) is 3.55. The van der Waals surface area contributed by atoms with Gasteiger partial charge in [0.1, 0.15) is 0 Å². The molecule has 1 aliphatic heterocycles. The van der Waals surface area contributed by atoms with Crippen LogP contribution in [0.1, 0.15) is 12.8 Å². The Balaban J connectivity index is 0.000000605. The van der Waals surface area contributed by atoms with E-state index in [4.69, 9.17) is 0 Å². The van der Waals surface area contributed by atoms with Crippen molar-refractivity contribution in [2.75, 3.05) is 6.54 Å². The molecule has 0 aromatic heterocycles. The maximum atomic E-state index is 11.1. The lowest BCUT2D eigenvalue weighted by Gasteiger charge is -2.04. The number of rotatable bonds is 0. The van der Waals surface area contributed by atoms with E-state index in [9.17, 15) is 4.79 Å². The average Bonchev–Trinajstić information content (AvgIpc) is 2.36. The van der Waals surface area contributed by atoms with Crippen molar-refractivity contribution < 1.29 is 4.79 Å². The van der Waals surface area contributed by atoms with Crippen LogP contribution in [0, 0.1) is 0 Å². The molecular weight excluding hydrogens is 162 g/mol. The van der Waals surface area contributed by atoms with Crippen molar-refractivity contribution in [2.24, 2.45) is 0 Å². The fourth-order valence-electron chi connectivity index (χ4n) is 1.42. The molecule has 1 heterocycles. The highest BCUT2D eigenvalue weighted by Gasteiger charge is 2.20. The Hall–Kier alpha value is -0.760. The minimum Gasteiger partial charge on any atom is -0.384 e. The van der Waals surface area contributed by atoms with Gasteiger partial charge in [0.25, 0.3) is 0 Å². The van der Waals surface area contributed by atoms with Crippen LogP contribution in [-0.4, -0.2) is 12.3 Å². The predicted octanol–water partition coefficient (Wildman–Crippen LogP) is 1.18. The Bertz CT molecular complexity index is 242. The Morgan fingerprint density at radius 3 is 3.00 bits per heavy atom. The summed E-state index contributed by atoms with van der Waals surface area (Å²) in [4.78, 5) is 11.1. The second kappa shape index (κ2) is 3.09. The molecule has 3 heteroatoms. The smallest absolute Gasteiger partial charge is 0.164 e. The zero-order valence-electron chi connectivity index (χ0n) is 6.09. The van der Waals surface area contributed by atoms with Gasteiger partial charge in [0.2, 0.25) is 0 Å². The molecule has 0 aromatic rings. The molecule has 2 rings (SSSR count). The number of hydrogen-bond donors (Lipinski definition) is 1. The van der Waals surface area contributed by atoms with Crippen molar-refractivity contribution in [1.82, 2.24) is 5.32 Å². The van der Waals surface area contributed by atoms with Gasteiger partial charge in [0.05, 0.1) is 0 Å². The van der Waals surface area contributed by atoms with Gasteiger partial charge >= 0.3 is 0 Å². The summed E-state index contributed by atoms with van der Waals surface area (Å²) in [5, 5.41) is 3.16. The topological polar surface area (TPSA) is 29.1 Å². The standard InChI is InChI=1S/C8H9NO.ClH/c10-8-3-1-2-7-6(8)4-5-9-7;/h1-2,9H,3-5H2;1H. The Labute approximate surface area is 71.8 Å². The van der Waals surface area contributed by atoms with E-state index in [0.29, 0.717) is 12.2 Å². The van der Waals surface area contributed by atoms with E-state index in [0.717, 1.165) is 24.2 Å². The van der Waals surface area contributed by atoms with Gasteiger partial charge in [-0.05, 0) is 12.5 Å². The molecule has 0 unspecified atom stereocenters. The molecule has 0 aromatic carbocycles. The quantitative estimate of drug-likeness (QED) is 0.593. The second-order valence-corrected chi connectivity index (χ2v) is 2.60. The number of allylic oxidation sites excluding steroid dienone is 2. The number of carbonyl (C=O) groups is 1. The van der Waals surface area contributed by atoms with E-state index < -0.39 is 0 Å². The summed E-state index contributed by atoms with van der Waals surface area (Å²) in [5.41, 5.74) is 2.05. The van der Waals surface area contributed by atoms with Crippen LogP contribution >= 0.6 is 12.4 Å². The molecule has 0 bridgehead atoms. The molecule has 1 aliphatic carbocycles. The first-order valence-electron chi connectivity index (χ1n) is 3.55. The lowest BCUT2D eigenvalue weighted by atomic mass is 10.0. The van der Waals surface area contributed by atoms with E-state index in [-0.39, 0.29) is 12.4 Å². The highest BCUT2D eigenvalue weighted by atomic mass is 35.5. The summed E-state index contributed by atoms with van der Waals surface area (Å²) >= 11 is 0. The molecular formula is C8H10ClNO. The van der Waals surface area contributed by atoms with Crippen LogP contribution in [0.2, 0.25) is 0 Å². The number of nitrogens with one attached hydrogen (secondary N) is 1. The van der Waals surface area contributed by atoms with Gasteiger partial charge in [-0.3, -0.25) is 4.79 Å². The highest BCUT2D eigenvalue weighted by molar-refractivity contribution is 5.99. The fourth-order valence-corrected chi connectivity index (χ4v) is 1.42. The van der Waals surface area contributed by atoms with Gasteiger partial charge < -0.3 is 5.32 Å². The molecule has 0 radical (unpaired) electrons. The van der Waals surface area contributed by atoms with Gasteiger partial charge in [0.15, 0.2) is 5.78 Å². The van der Waals surface area contributed by atoms with Crippen molar-refractivity contribution in [3.05, 3.63) is 23.4 Å². The molecule has 1 N–H and O–H groups in total. The molecule has 0 saturated carbocycles. The lowest BCUT2D eigenvalue weighted by Crippen LogP contribution is -2.08. The van der Waals surface area contributed by atoms with E-state index >= 15 is 0 Å². The number of Topliss-reactive ketones (excluding diaryl/α,β-unsaturated/α-hetero) is 1. The van der Waals surface area contributed by atoms with Gasteiger partial charge in [-0.25, -0.2) is 0 Å². The van der Waals surface area contributed by atoms with E-state index in [1.807, 2.05) is 12.2 Å². The third kappa shape index (κ3) is 1.31. The van der Waals surface area contributed by atoms with Gasteiger partial charge in [-0.2, -0.15) is 0 Å². The predicted molar refractivity (Wildman–Crippen MR) is 45.7 cm³/mol. The first-order chi connectivity index (χ1) is 4.88. The van der Waals surface area contributed by atoms with Crippen LogP contribution in [0.15, 0.2) is 23.4 Å². The summed E-state index contributed by atoms with van der Waals surface area (Å²) in [6, 6.07) is 0. The molecule has 60 valence electrons. The Kier molecular flexibility index (Phi) is 2.35. The van der Waals surface area contributed by atoms with Crippen LogP contribution in [0.4, 0.5) is 0 Å². The monoisotopic (exact) mass is 171 g/mol. The first kappa shape index (κ1) is 8.34. The van der Waals surface area contributed by atoms with Gasteiger partial charge in [0, 0.05) is 24.2 Å². The molecule has 11 heavy (non-hydrogen) atoms. The largest absolute Gasteiger partial charge is 0.384 e. The number of ketones is 1. The molecule has 0 amide bonds. The Morgan fingerprint density at radius 2 is 2.27 bits per heavy atom. The summed E-state index contributed by atoms with van der Waals surface area (Å²) in [6.07, 6.45) is 5.43. The maximum Gasteiger partial charge on any atom is 0.164 e. The number of carbonyl (C=O) groups excluding carboxylic acids is 1. The molecule has 2 aliphatic rings. The van der Waals surface area contributed by atoms with Crippen molar-refractivity contribution in [3.8, 4) is 0 Å². The zero-order valence-corrected chi connectivity index (χ0v) is 6.91. The summed E-state index contributed by atoms with van der Waals surface area (Å²) < 4.78 is 0. The molecule has 0 fully saturated rings. The van der Waals surface area contributed by atoms with Crippen LogP contribution in [0.3, 0.4) is 0 Å².